The van der Waals surface area contributed by atoms with Crippen LogP contribution < -0.4 is 15.9 Å². The number of hydrogen-bond acceptors (Lipinski definition) is 7. The summed E-state index contributed by atoms with van der Waals surface area (Å²) in [4.78, 5) is 12.0. The Kier molecular flexibility index (Phi) is 6.44. The molecule has 0 aliphatic rings. The van der Waals surface area contributed by atoms with E-state index in [-0.39, 0.29) is 11.2 Å². The van der Waals surface area contributed by atoms with Crippen LogP contribution in [0.15, 0.2) is 29.4 Å². The Bertz CT molecular complexity index is 674. The molecule has 0 saturated heterocycles. The lowest BCUT2D eigenvalue weighted by Gasteiger charge is -2.11. The number of thioether (sulfide) groups is 1. The smallest absolute Gasteiger partial charge is 0.233 e. The fraction of sp³-hybridized carbons (Fsp3) is 0.400. The number of rotatable bonds is 8. The number of aromatic nitrogens is 3. The van der Waals surface area contributed by atoms with Crippen molar-refractivity contribution in [1.29, 1.82) is 0 Å². The number of carbonyl (C=O) groups is 1. The predicted octanol–water partition coefficient (Wildman–Crippen LogP) is 0.911. The maximum Gasteiger partial charge on any atom is 0.233 e. The number of nitrogens with one attached hydrogen (secondary N) is 1. The molecule has 0 radical (unpaired) electrons. The summed E-state index contributed by atoms with van der Waals surface area (Å²) in [5.41, 5.74) is 0.815. The molecule has 130 valence electrons. The number of nitrogen functional groups attached to an aromatic ring is 1. The second-order valence-electron chi connectivity index (χ2n) is 4.95. The Morgan fingerprint density at radius 3 is 2.67 bits per heavy atom. The van der Waals surface area contributed by atoms with E-state index in [1.165, 1.54) is 16.4 Å². The molecule has 2 aromatic rings. The summed E-state index contributed by atoms with van der Waals surface area (Å²) >= 11 is 1.25. The first-order valence-corrected chi connectivity index (χ1v) is 8.23. The van der Waals surface area contributed by atoms with Gasteiger partial charge in [0.05, 0.1) is 19.0 Å². The summed E-state index contributed by atoms with van der Waals surface area (Å²) < 4.78 is 11.4. The van der Waals surface area contributed by atoms with Gasteiger partial charge in [0.2, 0.25) is 11.1 Å². The van der Waals surface area contributed by atoms with Crippen molar-refractivity contribution in [3.63, 3.8) is 0 Å². The fourth-order valence-corrected chi connectivity index (χ4v) is 2.72. The number of benzene rings is 1. The third kappa shape index (κ3) is 4.39. The van der Waals surface area contributed by atoms with Gasteiger partial charge in [-0.25, -0.2) is 4.68 Å². The number of amides is 1. The van der Waals surface area contributed by atoms with Crippen LogP contribution in [0, 0.1) is 0 Å². The Balaban J connectivity index is 2.04. The topological polar surface area (TPSA) is 104 Å². The minimum atomic E-state index is -0.350. The van der Waals surface area contributed by atoms with E-state index in [0.29, 0.717) is 24.1 Å². The van der Waals surface area contributed by atoms with Crippen molar-refractivity contribution in [2.24, 2.45) is 0 Å². The lowest BCUT2D eigenvalue weighted by Crippen LogP contribution is -2.33. The zero-order valence-corrected chi connectivity index (χ0v) is 14.7. The Labute approximate surface area is 144 Å². The van der Waals surface area contributed by atoms with Gasteiger partial charge in [0.15, 0.2) is 5.82 Å². The lowest BCUT2D eigenvalue weighted by atomic mass is 10.2. The SMILES string of the molecule is COCCNC(=O)[C@@H](C)Sc1nnc(-c2ccc(OC)cc2)n1N. The number of methoxy groups -OCH3 is 2. The van der Waals surface area contributed by atoms with E-state index < -0.39 is 0 Å². The molecule has 2 rings (SSSR count). The fourth-order valence-electron chi connectivity index (χ4n) is 1.93. The maximum absolute atomic E-state index is 12.0. The molecule has 1 heterocycles. The van der Waals surface area contributed by atoms with Crippen molar-refractivity contribution >= 4 is 17.7 Å². The standard InChI is InChI=1S/C15H21N5O3S/c1-10(14(21)17-8-9-22-2)24-15-19-18-13(20(15)16)11-4-6-12(23-3)7-5-11/h4-7,10H,8-9,16H2,1-3H3,(H,17,21)/t10-/m1/s1. The summed E-state index contributed by atoms with van der Waals surface area (Å²) in [5, 5.41) is 11.1. The summed E-state index contributed by atoms with van der Waals surface area (Å²) in [7, 11) is 3.19. The van der Waals surface area contributed by atoms with Gasteiger partial charge in [0.25, 0.3) is 0 Å². The van der Waals surface area contributed by atoms with Gasteiger partial charge in [-0.1, -0.05) is 11.8 Å². The molecular weight excluding hydrogens is 330 g/mol. The molecule has 8 nitrogen and oxygen atoms in total. The van der Waals surface area contributed by atoms with Gasteiger partial charge in [-0.05, 0) is 31.2 Å². The van der Waals surface area contributed by atoms with E-state index in [9.17, 15) is 4.79 Å². The molecule has 1 aromatic heterocycles. The summed E-state index contributed by atoms with van der Waals surface area (Å²) in [6.07, 6.45) is 0. The first-order valence-electron chi connectivity index (χ1n) is 7.35. The van der Waals surface area contributed by atoms with Crippen molar-refractivity contribution in [2.45, 2.75) is 17.3 Å². The molecule has 0 aliphatic heterocycles. The molecule has 1 amide bonds. The van der Waals surface area contributed by atoms with Crippen LogP contribution in [0.1, 0.15) is 6.92 Å². The number of ether oxygens (including phenoxy) is 2. The number of nitrogens with two attached hydrogens (primary N) is 1. The molecule has 24 heavy (non-hydrogen) atoms. The van der Waals surface area contributed by atoms with Gasteiger partial charge in [0, 0.05) is 19.2 Å². The Hall–Kier alpha value is -2.26. The molecule has 3 N–H and O–H groups in total. The van der Waals surface area contributed by atoms with Crippen LogP contribution in [-0.2, 0) is 9.53 Å². The normalized spacial score (nSPS) is 12.0. The van der Waals surface area contributed by atoms with Crippen molar-refractivity contribution < 1.29 is 14.3 Å². The van der Waals surface area contributed by atoms with Gasteiger partial charge in [-0.2, -0.15) is 0 Å². The average Bonchev–Trinajstić information content (AvgIpc) is 2.95. The quantitative estimate of drug-likeness (QED) is 0.414. The minimum absolute atomic E-state index is 0.106. The van der Waals surface area contributed by atoms with Crippen molar-refractivity contribution in [3.05, 3.63) is 24.3 Å². The zero-order chi connectivity index (χ0) is 17.5. The van der Waals surface area contributed by atoms with E-state index >= 15 is 0 Å². The van der Waals surface area contributed by atoms with Gasteiger partial charge in [-0.3, -0.25) is 4.79 Å². The van der Waals surface area contributed by atoms with Gasteiger partial charge >= 0.3 is 0 Å². The molecule has 0 bridgehead atoms. The Morgan fingerprint density at radius 2 is 2.04 bits per heavy atom. The average molecular weight is 351 g/mol. The van der Waals surface area contributed by atoms with Crippen molar-refractivity contribution in [2.75, 3.05) is 33.2 Å². The molecule has 0 spiro atoms. The lowest BCUT2D eigenvalue weighted by molar-refractivity contribution is -0.120. The largest absolute Gasteiger partial charge is 0.497 e. The van der Waals surface area contributed by atoms with Crippen LogP contribution in [0.5, 0.6) is 5.75 Å². The van der Waals surface area contributed by atoms with Crippen LogP contribution in [0.3, 0.4) is 0 Å². The minimum Gasteiger partial charge on any atom is -0.497 e. The zero-order valence-electron chi connectivity index (χ0n) is 13.9. The summed E-state index contributed by atoms with van der Waals surface area (Å²) in [6.45, 7) is 2.72. The van der Waals surface area contributed by atoms with E-state index in [2.05, 4.69) is 15.5 Å². The van der Waals surface area contributed by atoms with E-state index in [0.717, 1.165) is 11.3 Å². The van der Waals surface area contributed by atoms with Gasteiger partial charge < -0.3 is 20.6 Å². The van der Waals surface area contributed by atoms with Crippen molar-refractivity contribution in [3.8, 4) is 17.1 Å². The maximum atomic E-state index is 12.0. The van der Waals surface area contributed by atoms with Crippen molar-refractivity contribution in [1.82, 2.24) is 20.2 Å². The van der Waals surface area contributed by atoms with Crippen LogP contribution in [0.2, 0.25) is 0 Å². The number of hydrogen-bond donors (Lipinski definition) is 2. The molecule has 0 fully saturated rings. The van der Waals surface area contributed by atoms with Crippen LogP contribution in [0.25, 0.3) is 11.4 Å². The molecule has 1 atom stereocenters. The predicted molar refractivity (Wildman–Crippen MR) is 92.4 cm³/mol. The monoisotopic (exact) mass is 351 g/mol. The second kappa shape index (κ2) is 8.55. The molecule has 0 unspecified atom stereocenters. The van der Waals surface area contributed by atoms with Crippen LogP contribution in [0.4, 0.5) is 0 Å². The van der Waals surface area contributed by atoms with Gasteiger partial charge in [-0.15, -0.1) is 10.2 Å². The first-order chi connectivity index (χ1) is 11.6. The molecule has 9 heteroatoms. The number of carbonyl (C=O) groups excluding carboxylic acids is 1. The Morgan fingerprint density at radius 1 is 1.33 bits per heavy atom. The third-order valence-corrected chi connectivity index (χ3v) is 4.33. The van der Waals surface area contributed by atoms with E-state index in [4.69, 9.17) is 15.3 Å². The van der Waals surface area contributed by atoms with E-state index in [1.54, 1.807) is 21.1 Å². The highest BCUT2D eigenvalue weighted by Crippen LogP contribution is 2.25. The van der Waals surface area contributed by atoms with E-state index in [1.807, 2.05) is 24.3 Å². The molecular formula is C15H21N5O3S. The molecule has 1 aromatic carbocycles. The van der Waals surface area contributed by atoms with Gasteiger partial charge in [0.1, 0.15) is 5.75 Å². The molecule has 0 aliphatic carbocycles. The number of nitrogens with zero attached hydrogens (tertiary/aromatic N) is 3. The molecule has 0 saturated carbocycles. The van der Waals surface area contributed by atoms with Crippen LogP contribution in [-0.4, -0.2) is 53.4 Å². The highest BCUT2D eigenvalue weighted by atomic mass is 32.2. The summed E-state index contributed by atoms with van der Waals surface area (Å²) in [5.74, 6) is 7.23. The van der Waals surface area contributed by atoms with Crippen LogP contribution >= 0.6 is 11.8 Å². The highest BCUT2D eigenvalue weighted by molar-refractivity contribution is 8.00. The third-order valence-electron chi connectivity index (χ3n) is 3.27. The highest BCUT2D eigenvalue weighted by Gasteiger charge is 2.19. The first kappa shape index (κ1) is 18.1. The second-order valence-corrected chi connectivity index (χ2v) is 6.26. The summed E-state index contributed by atoms with van der Waals surface area (Å²) in [6, 6.07) is 7.34.